The Hall–Kier alpha value is -1.65. The van der Waals surface area contributed by atoms with Crippen molar-refractivity contribution in [2.24, 2.45) is 4.99 Å². The molecule has 1 atom stereocenters. The maximum Gasteiger partial charge on any atom is 0.191 e. The van der Waals surface area contributed by atoms with Crippen LogP contribution in [0.3, 0.4) is 0 Å². The lowest BCUT2D eigenvalue weighted by Gasteiger charge is -2.21. The number of guanidine groups is 1. The number of hydrogen-bond donors (Lipinski definition) is 2. The van der Waals surface area contributed by atoms with Gasteiger partial charge >= 0.3 is 0 Å². The average molecular weight is 547 g/mol. The predicted octanol–water partition coefficient (Wildman–Crippen LogP) is 3.37. The van der Waals surface area contributed by atoms with Gasteiger partial charge in [-0.1, -0.05) is 23.7 Å². The smallest absolute Gasteiger partial charge is 0.191 e. The monoisotopic (exact) mass is 546 g/mol. The van der Waals surface area contributed by atoms with E-state index in [-0.39, 0.29) is 35.8 Å². The van der Waals surface area contributed by atoms with Gasteiger partial charge in [0, 0.05) is 52.0 Å². The Morgan fingerprint density at radius 1 is 1.33 bits per heavy atom. The van der Waals surface area contributed by atoms with E-state index in [2.05, 4.69) is 30.4 Å². The largest absolute Gasteiger partial charge is 0.355 e. The van der Waals surface area contributed by atoms with Gasteiger partial charge in [-0.05, 0) is 43.3 Å². The van der Waals surface area contributed by atoms with Crippen molar-refractivity contribution in [1.29, 1.82) is 0 Å². The van der Waals surface area contributed by atoms with E-state index in [1.54, 1.807) is 13.2 Å². The summed E-state index contributed by atoms with van der Waals surface area (Å²) < 4.78 is 13.0. The quantitative estimate of drug-likeness (QED) is 0.317. The minimum absolute atomic E-state index is 0. The molecule has 9 heteroatoms. The van der Waals surface area contributed by atoms with Crippen molar-refractivity contribution in [2.75, 3.05) is 45.2 Å². The van der Waals surface area contributed by atoms with E-state index in [1.807, 2.05) is 31.3 Å². The van der Waals surface area contributed by atoms with Crippen LogP contribution in [-0.2, 0) is 6.54 Å². The Morgan fingerprint density at radius 3 is 2.80 bits per heavy atom. The number of nitrogens with one attached hydrogen (secondary N) is 2. The zero-order valence-corrected chi connectivity index (χ0v) is 20.4. The van der Waals surface area contributed by atoms with Gasteiger partial charge < -0.3 is 20.4 Å². The van der Waals surface area contributed by atoms with Gasteiger partial charge in [0.2, 0.25) is 0 Å². The second kappa shape index (κ2) is 12.3. The van der Waals surface area contributed by atoms with Crippen molar-refractivity contribution in [2.45, 2.75) is 19.0 Å². The normalized spacial score (nSPS) is 16.5. The van der Waals surface area contributed by atoms with Crippen LogP contribution < -0.4 is 15.5 Å². The zero-order valence-electron chi connectivity index (χ0n) is 17.3. The Bertz CT molecular complexity index is 819. The van der Waals surface area contributed by atoms with E-state index in [0.29, 0.717) is 5.02 Å². The number of rotatable bonds is 7. The van der Waals surface area contributed by atoms with E-state index in [1.165, 1.54) is 12.1 Å². The summed E-state index contributed by atoms with van der Waals surface area (Å²) in [6.45, 7) is 4.13. The van der Waals surface area contributed by atoms with E-state index in [9.17, 15) is 4.39 Å². The highest BCUT2D eigenvalue weighted by molar-refractivity contribution is 14.0. The van der Waals surface area contributed by atoms with Crippen molar-refractivity contribution >= 4 is 47.4 Å². The molecular formula is C21H29ClFIN6. The summed E-state index contributed by atoms with van der Waals surface area (Å²) in [5.74, 6) is 1.42. The highest BCUT2D eigenvalue weighted by Crippen LogP contribution is 2.25. The zero-order chi connectivity index (χ0) is 20.6. The van der Waals surface area contributed by atoms with Gasteiger partial charge in [-0.15, -0.1) is 24.0 Å². The summed E-state index contributed by atoms with van der Waals surface area (Å²) in [6, 6.07) is 10.6. The summed E-state index contributed by atoms with van der Waals surface area (Å²) >= 11 is 6.27. The third kappa shape index (κ3) is 7.24. The fraction of sp³-hybridized carbons (Fsp3) is 0.429. The summed E-state index contributed by atoms with van der Waals surface area (Å²) in [5.41, 5.74) is 1.09. The lowest BCUT2D eigenvalue weighted by Crippen LogP contribution is -2.46. The minimum atomic E-state index is -0.205. The number of halogens is 3. The van der Waals surface area contributed by atoms with Gasteiger partial charge in [-0.3, -0.25) is 4.99 Å². The Labute approximate surface area is 199 Å². The van der Waals surface area contributed by atoms with Crippen LogP contribution in [0.5, 0.6) is 0 Å². The molecular weight excluding hydrogens is 518 g/mol. The van der Waals surface area contributed by atoms with Crippen LogP contribution in [0.15, 0.2) is 47.6 Å². The number of benzene rings is 1. The van der Waals surface area contributed by atoms with Crippen LogP contribution in [0, 0.1) is 5.82 Å². The number of aliphatic imine (C=N–C) groups is 1. The number of hydrogen-bond acceptors (Lipinski definition) is 4. The molecule has 3 rings (SSSR count). The molecule has 1 unspecified atom stereocenters. The minimum Gasteiger partial charge on any atom is -0.355 e. The molecule has 1 aliphatic heterocycles. The number of likely N-dealkylation sites (N-methyl/N-ethyl adjacent to an activating group) is 1. The first-order valence-electron chi connectivity index (χ1n) is 9.81. The Balaban J connectivity index is 0.00000320. The van der Waals surface area contributed by atoms with Gasteiger partial charge in [0.1, 0.15) is 11.6 Å². The van der Waals surface area contributed by atoms with Crippen LogP contribution in [0.25, 0.3) is 0 Å². The lowest BCUT2D eigenvalue weighted by atomic mass is 10.2. The van der Waals surface area contributed by atoms with Gasteiger partial charge in [0.05, 0.1) is 5.02 Å². The molecule has 1 aromatic heterocycles. The van der Waals surface area contributed by atoms with Crippen LogP contribution in [0.2, 0.25) is 5.02 Å². The molecule has 30 heavy (non-hydrogen) atoms. The highest BCUT2D eigenvalue weighted by Gasteiger charge is 2.25. The molecule has 2 aromatic rings. The predicted molar refractivity (Wildman–Crippen MR) is 133 cm³/mol. The first-order chi connectivity index (χ1) is 14.0. The van der Waals surface area contributed by atoms with Crippen molar-refractivity contribution in [3.63, 3.8) is 0 Å². The number of aromatic nitrogens is 1. The van der Waals surface area contributed by atoms with E-state index in [0.717, 1.165) is 56.5 Å². The molecule has 0 bridgehead atoms. The van der Waals surface area contributed by atoms with Crippen molar-refractivity contribution < 1.29 is 4.39 Å². The molecule has 164 valence electrons. The van der Waals surface area contributed by atoms with Crippen LogP contribution in [0.1, 0.15) is 12.0 Å². The van der Waals surface area contributed by atoms with Crippen molar-refractivity contribution in [1.82, 2.24) is 20.5 Å². The summed E-state index contributed by atoms with van der Waals surface area (Å²) in [7, 11) is 3.83. The maximum atomic E-state index is 13.0. The number of nitrogens with zero attached hydrogens (tertiary/aromatic N) is 4. The topological polar surface area (TPSA) is 55.8 Å². The first kappa shape index (κ1) is 24.6. The maximum absolute atomic E-state index is 13.0. The molecule has 1 aliphatic rings. The third-order valence-corrected chi connectivity index (χ3v) is 5.24. The van der Waals surface area contributed by atoms with Gasteiger partial charge in [0.25, 0.3) is 0 Å². The molecule has 2 N–H and O–H groups in total. The van der Waals surface area contributed by atoms with Crippen molar-refractivity contribution in [3.05, 3.63) is 59.0 Å². The summed E-state index contributed by atoms with van der Waals surface area (Å²) in [4.78, 5) is 13.1. The molecule has 0 amide bonds. The summed E-state index contributed by atoms with van der Waals surface area (Å²) in [5, 5.41) is 7.53. The first-order valence-corrected chi connectivity index (χ1v) is 10.2. The van der Waals surface area contributed by atoms with Gasteiger partial charge in [-0.25, -0.2) is 9.37 Å². The SMILES string of the molecule is CN=C(NCCN(C)Cc1ccc(F)cc1)NC1CCN(c2ncccc2Cl)C1.I. The molecule has 0 saturated carbocycles. The molecule has 0 radical (unpaired) electrons. The second-order valence-electron chi connectivity index (χ2n) is 7.25. The Morgan fingerprint density at radius 2 is 2.10 bits per heavy atom. The van der Waals surface area contributed by atoms with Gasteiger partial charge in [-0.2, -0.15) is 0 Å². The van der Waals surface area contributed by atoms with E-state index >= 15 is 0 Å². The molecule has 1 saturated heterocycles. The highest BCUT2D eigenvalue weighted by atomic mass is 127. The average Bonchev–Trinajstić information content (AvgIpc) is 3.17. The molecule has 1 aromatic carbocycles. The van der Waals surface area contributed by atoms with Crippen molar-refractivity contribution in [3.8, 4) is 0 Å². The van der Waals surface area contributed by atoms with E-state index < -0.39 is 0 Å². The number of pyridine rings is 1. The molecule has 0 spiro atoms. The van der Waals surface area contributed by atoms with Crippen LogP contribution >= 0.6 is 35.6 Å². The standard InChI is InChI=1S/C21H28ClFN6.HI/c1-24-21(26-11-13-28(2)14-16-5-7-17(23)8-6-16)27-18-9-12-29(15-18)20-19(22)4-3-10-25-20;/h3-8,10,18H,9,11-15H2,1-2H3,(H2,24,26,27);1H. The molecule has 1 fully saturated rings. The fourth-order valence-electron chi connectivity index (χ4n) is 3.41. The third-order valence-electron chi connectivity index (χ3n) is 4.94. The molecule has 0 aliphatic carbocycles. The second-order valence-corrected chi connectivity index (χ2v) is 7.66. The Kier molecular flexibility index (Phi) is 10.1. The summed E-state index contributed by atoms with van der Waals surface area (Å²) in [6.07, 6.45) is 2.77. The van der Waals surface area contributed by atoms with Crippen LogP contribution in [0.4, 0.5) is 10.2 Å². The van der Waals surface area contributed by atoms with E-state index in [4.69, 9.17) is 11.6 Å². The number of anilines is 1. The molecule has 2 heterocycles. The van der Waals surface area contributed by atoms with Crippen LogP contribution in [-0.4, -0.2) is 62.2 Å². The lowest BCUT2D eigenvalue weighted by molar-refractivity contribution is 0.331. The fourth-order valence-corrected chi connectivity index (χ4v) is 3.66. The molecule has 6 nitrogen and oxygen atoms in total. The van der Waals surface area contributed by atoms with Gasteiger partial charge in [0.15, 0.2) is 5.96 Å².